The van der Waals surface area contributed by atoms with E-state index in [1.807, 2.05) is 0 Å². The van der Waals surface area contributed by atoms with Crippen molar-refractivity contribution >= 4 is 27.5 Å². The molecule has 0 radical (unpaired) electrons. The maximum absolute atomic E-state index is 12.5. The zero-order chi connectivity index (χ0) is 15.1. The Bertz CT molecular complexity index is 717. The minimum atomic E-state index is -0.667. The molecule has 2 N–H and O–H groups in total. The monoisotopic (exact) mass is 295 g/mol. The van der Waals surface area contributed by atoms with Crippen molar-refractivity contribution in [3.8, 4) is 0 Å². The van der Waals surface area contributed by atoms with Gasteiger partial charge < -0.3 is 15.0 Å². The van der Waals surface area contributed by atoms with Gasteiger partial charge in [0.1, 0.15) is 4.83 Å². The lowest BCUT2D eigenvalue weighted by Crippen LogP contribution is -2.47. The predicted octanol–water partition coefficient (Wildman–Crippen LogP) is 1.14. The van der Waals surface area contributed by atoms with Gasteiger partial charge in [-0.25, -0.2) is 4.98 Å². The first-order valence-electron chi connectivity index (χ1n) is 6.15. The van der Waals surface area contributed by atoms with Crippen LogP contribution in [0, 0.1) is 6.92 Å². The number of aromatic nitrogens is 2. The molecule has 7 heteroatoms. The lowest BCUT2D eigenvalue weighted by Gasteiger charge is -2.33. The average molecular weight is 295 g/mol. The van der Waals surface area contributed by atoms with Crippen LogP contribution in [0.4, 0.5) is 0 Å². The first-order valence-corrected chi connectivity index (χ1v) is 6.97. The second-order valence-electron chi connectivity index (χ2n) is 5.30. The molecule has 2 aromatic heterocycles. The number of thiophene rings is 1. The summed E-state index contributed by atoms with van der Waals surface area (Å²) in [5, 5.41) is 9.81. The Hall–Kier alpha value is -1.73. The van der Waals surface area contributed by atoms with E-state index in [9.17, 15) is 14.7 Å². The standard InChI is InChI=1S/C13H17N3O3S/c1-7-8-10(18)14-6-15-11(8)20-9(7)12(19)16(4)13(2,3)5-17/h6,17H,5H2,1-4H3,(H,14,15,18). The van der Waals surface area contributed by atoms with Crippen LogP contribution in [0.25, 0.3) is 10.2 Å². The summed E-state index contributed by atoms with van der Waals surface area (Å²) in [4.78, 5) is 33.5. The lowest BCUT2D eigenvalue weighted by atomic mass is 10.0. The summed E-state index contributed by atoms with van der Waals surface area (Å²) in [6.45, 7) is 5.15. The molecule has 20 heavy (non-hydrogen) atoms. The summed E-state index contributed by atoms with van der Waals surface area (Å²) < 4.78 is 0. The highest BCUT2D eigenvalue weighted by molar-refractivity contribution is 7.20. The van der Waals surface area contributed by atoms with Crippen LogP contribution in [-0.2, 0) is 0 Å². The van der Waals surface area contributed by atoms with Crippen molar-refractivity contribution in [2.75, 3.05) is 13.7 Å². The Morgan fingerprint density at radius 2 is 2.20 bits per heavy atom. The van der Waals surface area contributed by atoms with Crippen LogP contribution in [0.1, 0.15) is 29.1 Å². The number of carbonyl (C=O) groups is 1. The van der Waals surface area contributed by atoms with Crippen LogP contribution in [0.15, 0.2) is 11.1 Å². The summed E-state index contributed by atoms with van der Waals surface area (Å²) >= 11 is 1.20. The molecule has 6 nitrogen and oxygen atoms in total. The third-order valence-electron chi connectivity index (χ3n) is 3.53. The molecule has 0 spiro atoms. The van der Waals surface area contributed by atoms with Crippen molar-refractivity contribution in [1.82, 2.24) is 14.9 Å². The number of hydrogen-bond acceptors (Lipinski definition) is 5. The van der Waals surface area contributed by atoms with Crippen LogP contribution >= 0.6 is 11.3 Å². The highest BCUT2D eigenvalue weighted by Crippen LogP contribution is 2.29. The molecular formula is C13H17N3O3S. The number of aryl methyl sites for hydroxylation is 1. The molecule has 0 aliphatic carbocycles. The normalized spacial score (nSPS) is 11.8. The number of aliphatic hydroxyl groups is 1. The van der Waals surface area contributed by atoms with Crippen LogP contribution in [-0.4, -0.2) is 45.1 Å². The van der Waals surface area contributed by atoms with E-state index in [-0.39, 0.29) is 18.1 Å². The highest BCUT2D eigenvalue weighted by Gasteiger charge is 2.30. The van der Waals surface area contributed by atoms with Crippen molar-refractivity contribution in [2.45, 2.75) is 26.3 Å². The topological polar surface area (TPSA) is 86.3 Å². The van der Waals surface area contributed by atoms with E-state index in [4.69, 9.17) is 0 Å². The van der Waals surface area contributed by atoms with Gasteiger partial charge in [-0.05, 0) is 26.3 Å². The molecular weight excluding hydrogens is 278 g/mol. The zero-order valence-corrected chi connectivity index (χ0v) is 12.7. The van der Waals surface area contributed by atoms with E-state index in [0.29, 0.717) is 20.7 Å². The Morgan fingerprint density at radius 1 is 1.55 bits per heavy atom. The highest BCUT2D eigenvalue weighted by atomic mass is 32.1. The van der Waals surface area contributed by atoms with Gasteiger partial charge in [0.25, 0.3) is 11.5 Å². The molecule has 2 aromatic rings. The number of H-pyrrole nitrogens is 1. The minimum absolute atomic E-state index is 0.141. The molecule has 0 fully saturated rings. The van der Waals surface area contributed by atoms with Crippen molar-refractivity contribution < 1.29 is 9.90 Å². The Morgan fingerprint density at radius 3 is 2.75 bits per heavy atom. The molecule has 0 unspecified atom stereocenters. The van der Waals surface area contributed by atoms with Gasteiger partial charge in [-0.2, -0.15) is 0 Å². The summed E-state index contributed by atoms with van der Waals surface area (Å²) in [5.74, 6) is -0.219. The Kier molecular flexibility index (Phi) is 3.66. The van der Waals surface area contributed by atoms with Gasteiger partial charge in [0, 0.05) is 7.05 Å². The minimum Gasteiger partial charge on any atom is -0.394 e. The molecule has 0 aromatic carbocycles. The average Bonchev–Trinajstić information content (AvgIpc) is 2.75. The van der Waals surface area contributed by atoms with Gasteiger partial charge in [-0.15, -0.1) is 11.3 Å². The van der Waals surface area contributed by atoms with Crippen LogP contribution < -0.4 is 5.56 Å². The number of aliphatic hydroxyl groups excluding tert-OH is 1. The molecule has 2 rings (SSSR count). The zero-order valence-electron chi connectivity index (χ0n) is 11.9. The number of rotatable bonds is 3. The van der Waals surface area contributed by atoms with Crippen molar-refractivity contribution in [1.29, 1.82) is 0 Å². The SMILES string of the molecule is Cc1c(C(=O)N(C)C(C)(C)CO)sc2nc[nH]c(=O)c12. The number of likely N-dealkylation sites (N-methyl/N-ethyl adjacent to an activating group) is 1. The molecule has 0 saturated heterocycles. The fourth-order valence-electron chi connectivity index (χ4n) is 1.82. The lowest BCUT2D eigenvalue weighted by molar-refractivity contribution is 0.0477. The third-order valence-corrected chi connectivity index (χ3v) is 4.71. The molecule has 0 bridgehead atoms. The molecule has 0 aliphatic rings. The molecule has 2 heterocycles. The van der Waals surface area contributed by atoms with E-state index in [0.717, 1.165) is 0 Å². The summed E-state index contributed by atoms with van der Waals surface area (Å²) in [6.07, 6.45) is 1.33. The van der Waals surface area contributed by atoms with Crippen LogP contribution in [0.5, 0.6) is 0 Å². The van der Waals surface area contributed by atoms with Crippen molar-refractivity contribution in [3.63, 3.8) is 0 Å². The second kappa shape index (κ2) is 4.99. The van der Waals surface area contributed by atoms with E-state index < -0.39 is 5.54 Å². The first-order chi connectivity index (χ1) is 9.29. The van der Waals surface area contributed by atoms with Crippen molar-refractivity contribution in [3.05, 3.63) is 27.1 Å². The van der Waals surface area contributed by atoms with E-state index in [2.05, 4.69) is 9.97 Å². The van der Waals surface area contributed by atoms with E-state index >= 15 is 0 Å². The summed E-state index contributed by atoms with van der Waals surface area (Å²) in [7, 11) is 1.64. The number of amides is 1. The largest absolute Gasteiger partial charge is 0.394 e. The van der Waals surface area contributed by atoms with Gasteiger partial charge in [0.2, 0.25) is 0 Å². The number of hydrogen-bond donors (Lipinski definition) is 2. The smallest absolute Gasteiger partial charge is 0.264 e. The first kappa shape index (κ1) is 14.7. The molecule has 0 aliphatic heterocycles. The maximum Gasteiger partial charge on any atom is 0.264 e. The van der Waals surface area contributed by atoms with Gasteiger partial charge in [0.05, 0.1) is 28.7 Å². The molecule has 0 atom stereocenters. The summed E-state index contributed by atoms with van der Waals surface area (Å²) in [5.41, 5.74) is -0.281. The van der Waals surface area contributed by atoms with Gasteiger partial charge in [0.15, 0.2) is 0 Å². The number of nitrogens with one attached hydrogen (secondary N) is 1. The molecule has 0 saturated carbocycles. The number of carbonyl (C=O) groups excluding carboxylic acids is 1. The van der Waals surface area contributed by atoms with E-state index in [1.54, 1.807) is 27.8 Å². The van der Waals surface area contributed by atoms with Gasteiger partial charge in [-0.1, -0.05) is 0 Å². The van der Waals surface area contributed by atoms with Crippen molar-refractivity contribution in [2.24, 2.45) is 0 Å². The van der Waals surface area contributed by atoms with Gasteiger partial charge >= 0.3 is 0 Å². The Labute approximate surface area is 120 Å². The van der Waals surface area contributed by atoms with E-state index in [1.165, 1.54) is 22.6 Å². The second-order valence-corrected chi connectivity index (χ2v) is 6.30. The predicted molar refractivity (Wildman–Crippen MR) is 78.2 cm³/mol. The fraction of sp³-hybridized carbons (Fsp3) is 0.462. The van der Waals surface area contributed by atoms with Gasteiger partial charge in [-0.3, -0.25) is 9.59 Å². The Balaban J connectivity index is 2.54. The third kappa shape index (κ3) is 2.23. The van der Waals surface area contributed by atoms with Crippen LogP contribution in [0.2, 0.25) is 0 Å². The fourth-order valence-corrected chi connectivity index (χ4v) is 2.94. The molecule has 1 amide bonds. The quantitative estimate of drug-likeness (QED) is 0.889. The molecule has 108 valence electrons. The van der Waals surface area contributed by atoms with Crippen LogP contribution in [0.3, 0.4) is 0 Å². The summed E-state index contributed by atoms with van der Waals surface area (Å²) in [6, 6.07) is 0. The number of aromatic amines is 1. The maximum atomic E-state index is 12.5. The number of fused-ring (bicyclic) bond motifs is 1. The number of nitrogens with zero attached hydrogens (tertiary/aromatic N) is 2.